The van der Waals surface area contributed by atoms with Gasteiger partial charge in [0.1, 0.15) is 0 Å². The maximum absolute atomic E-state index is 11.1. The van der Waals surface area contributed by atoms with Crippen LogP contribution in [0.25, 0.3) is 0 Å². The third-order valence-corrected chi connectivity index (χ3v) is 1.56. The Morgan fingerprint density at radius 2 is 2.17 bits per heavy atom. The van der Waals surface area contributed by atoms with Crippen LogP contribution in [0.1, 0.15) is 27.2 Å². The van der Waals surface area contributed by atoms with Crippen LogP contribution in [0.2, 0.25) is 0 Å². The number of likely N-dealkylation sites (N-methyl/N-ethyl adjacent to an activating group) is 1. The van der Waals surface area contributed by atoms with Crippen LogP contribution in [-0.2, 0) is 4.79 Å². The molecule has 0 aromatic rings. The van der Waals surface area contributed by atoms with Crippen molar-refractivity contribution in [1.29, 1.82) is 0 Å². The summed E-state index contributed by atoms with van der Waals surface area (Å²) in [6.45, 7) is 6.05. The Kier molecular flexibility index (Phi) is 5.37. The summed E-state index contributed by atoms with van der Waals surface area (Å²) in [7, 11) is 0. The van der Waals surface area contributed by atoms with E-state index in [-0.39, 0.29) is 5.91 Å². The predicted octanol–water partition coefficient (Wildman–Crippen LogP) is 0.840. The quantitative estimate of drug-likeness (QED) is 0.616. The fraction of sp³-hybridized carbons (Fsp3) is 0.667. The fourth-order valence-corrected chi connectivity index (χ4v) is 0.782. The van der Waals surface area contributed by atoms with Crippen LogP contribution in [0.5, 0.6) is 0 Å². The summed E-state index contributed by atoms with van der Waals surface area (Å²) in [6.07, 6.45) is 1.70. The van der Waals surface area contributed by atoms with Crippen LogP contribution in [0.3, 0.4) is 0 Å². The highest BCUT2D eigenvalue weighted by Gasteiger charge is 2.03. The van der Waals surface area contributed by atoms with Gasteiger partial charge in [-0.25, -0.2) is 0 Å². The lowest BCUT2D eigenvalue weighted by molar-refractivity contribution is -0.117. The van der Waals surface area contributed by atoms with Crippen molar-refractivity contribution >= 4 is 5.91 Å². The molecule has 0 radical (unpaired) electrons. The summed E-state index contributed by atoms with van der Waals surface area (Å²) < 4.78 is 0. The molecule has 0 aliphatic carbocycles. The van der Waals surface area contributed by atoms with Crippen molar-refractivity contribution in [3.63, 3.8) is 0 Å². The molecule has 12 heavy (non-hydrogen) atoms. The zero-order valence-electron chi connectivity index (χ0n) is 7.92. The van der Waals surface area contributed by atoms with Gasteiger partial charge in [-0.05, 0) is 26.3 Å². The van der Waals surface area contributed by atoms with Gasteiger partial charge in [-0.2, -0.15) is 0 Å². The van der Waals surface area contributed by atoms with E-state index in [2.05, 4.69) is 5.32 Å². The van der Waals surface area contributed by atoms with E-state index in [0.29, 0.717) is 18.5 Å². The van der Waals surface area contributed by atoms with E-state index >= 15 is 0 Å². The average molecular weight is 171 g/mol. The highest BCUT2D eigenvalue weighted by Crippen LogP contribution is 1.99. The lowest BCUT2D eigenvalue weighted by Crippen LogP contribution is -2.24. The lowest BCUT2D eigenvalue weighted by atomic mass is 10.2. The number of aliphatic hydroxyl groups excluding tert-OH is 1. The molecule has 1 amide bonds. The van der Waals surface area contributed by atoms with Gasteiger partial charge in [0.15, 0.2) is 0 Å². The number of aliphatic hydroxyl groups is 1. The van der Waals surface area contributed by atoms with E-state index in [4.69, 9.17) is 0 Å². The molecule has 0 fully saturated rings. The minimum Gasteiger partial charge on any atom is -0.389 e. The lowest BCUT2D eigenvalue weighted by Gasteiger charge is -2.04. The zero-order chi connectivity index (χ0) is 9.56. The molecule has 3 heteroatoms. The molecule has 0 rings (SSSR count). The number of rotatable bonds is 4. The second-order valence-corrected chi connectivity index (χ2v) is 2.68. The summed E-state index contributed by atoms with van der Waals surface area (Å²) in [5.74, 6) is -0.106. The third kappa shape index (κ3) is 4.13. The van der Waals surface area contributed by atoms with Gasteiger partial charge in [-0.15, -0.1) is 0 Å². The second kappa shape index (κ2) is 5.77. The number of amides is 1. The summed E-state index contributed by atoms with van der Waals surface area (Å²) >= 11 is 0. The van der Waals surface area contributed by atoms with E-state index in [1.807, 2.05) is 13.8 Å². The van der Waals surface area contributed by atoms with Crippen molar-refractivity contribution < 1.29 is 9.90 Å². The van der Waals surface area contributed by atoms with Gasteiger partial charge < -0.3 is 10.4 Å². The Balaban J connectivity index is 4.07. The van der Waals surface area contributed by atoms with Gasteiger partial charge in [0.2, 0.25) is 5.91 Å². The first-order chi connectivity index (χ1) is 5.61. The maximum Gasteiger partial charge on any atom is 0.246 e. The summed E-state index contributed by atoms with van der Waals surface area (Å²) in [5.41, 5.74) is 0.575. The number of carbonyl (C=O) groups excluding carboxylic acids is 1. The smallest absolute Gasteiger partial charge is 0.246 e. The highest BCUT2D eigenvalue weighted by molar-refractivity contribution is 5.92. The molecule has 0 saturated heterocycles. The Labute approximate surface area is 73.5 Å². The van der Waals surface area contributed by atoms with Crippen molar-refractivity contribution in [2.45, 2.75) is 33.3 Å². The number of hydrogen-bond acceptors (Lipinski definition) is 2. The topological polar surface area (TPSA) is 49.3 Å². The molecule has 3 nitrogen and oxygen atoms in total. The van der Waals surface area contributed by atoms with Gasteiger partial charge in [0.05, 0.1) is 6.10 Å². The largest absolute Gasteiger partial charge is 0.389 e. The third-order valence-electron chi connectivity index (χ3n) is 1.56. The van der Waals surface area contributed by atoms with Crippen molar-refractivity contribution in [3.8, 4) is 0 Å². The van der Waals surface area contributed by atoms with Crippen LogP contribution >= 0.6 is 0 Å². The fourth-order valence-electron chi connectivity index (χ4n) is 0.782. The Bertz CT molecular complexity index is 175. The molecule has 0 heterocycles. The van der Waals surface area contributed by atoms with Gasteiger partial charge >= 0.3 is 0 Å². The highest BCUT2D eigenvalue weighted by atomic mass is 16.3. The zero-order valence-corrected chi connectivity index (χ0v) is 7.92. The van der Waals surface area contributed by atoms with Crippen LogP contribution in [0, 0.1) is 0 Å². The Hall–Kier alpha value is -0.830. The molecule has 0 bridgehead atoms. The minimum absolute atomic E-state index is 0.106. The molecule has 0 aliphatic heterocycles. The van der Waals surface area contributed by atoms with Crippen LogP contribution in [0.4, 0.5) is 0 Å². The van der Waals surface area contributed by atoms with Gasteiger partial charge in [-0.1, -0.05) is 6.92 Å². The van der Waals surface area contributed by atoms with Gasteiger partial charge in [0, 0.05) is 12.1 Å². The number of hydrogen-bond donors (Lipinski definition) is 2. The molecule has 0 aliphatic rings. The van der Waals surface area contributed by atoms with Crippen LogP contribution in [-0.4, -0.2) is 23.7 Å². The summed E-state index contributed by atoms with van der Waals surface area (Å²) in [6, 6.07) is 0. The second-order valence-electron chi connectivity index (χ2n) is 2.68. The van der Waals surface area contributed by atoms with Gasteiger partial charge in [-0.3, -0.25) is 4.79 Å². The van der Waals surface area contributed by atoms with E-state index in [0.717, 1.165) is 0 Å². The molecule has 0 aromatic carbocycles. The number of nitrogens with one attached hydrogen (secondary N) is 1. The van der Waals surface area contributed by atoms with Crippen molar-refractivity contribution in [2.24, 2.45) is 0 Å². The van der Waals surface area contributed by atoms with E-state index in [9.17, 15) is 9.90 Å². The average Bonchev–Trinajstić information content (AvgIpc) is 2.04. The first-order valence-electron chi connectivity index (χ1n) is 4.26. The molecule has 0 aromatic heterocycles. The monoisotopic (exact) mass is 171 g/mol. The summed E-state index contributed by atoms with van der Waals surface area (Å²) in [5, 5.41) is 11.8. The van der Waals surface area contributed by atoms with E-state index < -0.39 is 6.10 Å². The van der Waals surface area contributed by atoms with Crippen molar-refractivity contribution in [3.05, 3.63) is 11.6 Å². The number of carbonyl (C=O) groups is 1. The first kappa shape index (κ1) is 11.2. The molecule has 2 N–H and O–H groups in total. The van der Waals surface area contributed by atoms with E-state index in [1.165, 1.54) is 0 Å². The standard InChI is InChI=1S/C9H17NO2/c1-4-8(11)6-7(3)9(12)10-5-2/h6,8,11H,4-5H2,1-3H3,(H,10,12)/b7-6+. The minimum atomic E-state index is -0.507. The van der Waals surface area contributed by atoms with Crippen LogP contribution in [0.15, 0.2) is 11.6 Å². The molecule has 0 spiro atoms. The molecule has 1 atom stereocenters. The summed E-state index contributed by atoms with van der Waals surface area (Å²) in [4.78, 5) is 11.1. The SMILES string of the molecule is CCNC(=O)/C(C)=C/C(O)CC. The Morgan fingerprint density at radius 1 is 1.58 bits per heavy atom. The normalized spacial score (nSPS) is 14.2. The molecule has 1 unspecified atom stereocenters. The van der Waals surface area contributed by atoms with Crippen molar-refractivity contribution in [1.82, 2.24) is 5.32 Å². The molecule has 0 saturated carbocycles. The van der Waals surface area contributed by atoms with E-state index in [1.54, 1.807) is 13.0 Å². The molecule has 70 valence electrons. The van der Waals surface area contributed by atoms with Crippen LogP contribution < -0.4 is 5.32 Å². The van der Waals surface area contributed by atoms with Gasteiger partial charge in [0.25, 0.3) is 0 Å². The van der Waals surface area contributed by atoms with Crippen molar-refractivity contribution in [2.75, 3.05) is 6.54 Å². The predicted molar refractivity (Wildman–Crippen MR) is 48.7 cm³/mol. The molecular weight excluding hydrogens is 154 g/mol. The first-order valence-corrected chi connectivity index (χ1v) is 4.26. The Morgan fingerprint density at radius 3 is 2.58 bits per heavy atom. The molecular formula is C9H17NO2. The maximum atomic E-state index is 11.1.